The molecule has 0 saturated heterocycles. The van der Waals surface area contributed by atoms with Crippen LogP contribution in [0.1, 0.15) is 6.92 Å². The summed E-state index contributed by atoms with van der Waals surface area (Å²) in [7, 11) is 0. The molecule has 0 aliphatic carbocycles. The summed E-state index contributed by atoms with van der Waals surface area (Å²) >= 11 is 3.64. The highest BCUT2D eigenvalue weighted by atomic mass is 32.1. The minimum Gasteiger partial charge on any atom is -0.355 e. The molecule has 0 aromatic carbocycles. The number of hydrogen-bond donors (Lipinski definition) is 3. The Labute approximate surface area is 54.4 Å². The number of carbonyl (C=O) groups excluding carboxylic acids is 1. The Morgan fingerprint density at radius 3 is 2.75 bits per heavy atom. The quantitative estimate of drug-likeness (QED) is 0.458. The molecule has 48 valence electrons. The van der Waals surface area contributed by atoms with E-state index in [-0.39, 0.29) is 12.5 Å². The average molecular weight is 134 g/mol. The molecule has 2 N–H and O–H groups in total. The zero-order valence-electron chi connectivity index (χ0n) is 4.77. The maximum atomic E-state index is 10.4. The summed E-state index contributed by atoms with van der Waals surface area (Å²) in [6, 6.07) is 0. The zero-order chi connectivity index (χ0) is 6.41. The Morgan fingerprint density at radius 2 is 2.38 bits per heavy atom. The molecule has 0 radical (unpaired) electrons. The number of nitrogens with one attached hydrogen (secondary N) is 2. The van der Waals surface area contributed by atoms with E-state index in [4.69, 9.17) is 0 Å². The monoisotopic (exact) mass is 134 g/mol. The van der Waals surface area contributed by atoms with Gasteiger partial charge in [0.25, 0.3) is 0 Å². The number of likely N-dealkylation sites (N-methyl/N-ethyl adjacent to an activating group) is 1. The van der Waals surface area contributed by atoms with Crippen LogP contribution in [0.15, 0.2) is 0 Å². The molecule has 0 saturated carbocycles. The highest BCUT2D eigenvalue weighted by molar-refractivity contribution is 7.78. The van der Waals surface area contributed by atoms with Gasteiger partial charge in [-0.2, -0.15) is 0 Å². The molecular weight excluding hydrogens is 124 g/mol. The van der Waals surface area contributed by atoms with E-state index in [0.717, 1.165) is 0 Å². The van der Waals surface area contributed by atoms with Gasteiger partial charge in [0.05, 0.1) is 6.54 Å². The van der Waals surface area contributed by atoms with E-state index in [2.05, 4.69) is 22.9 Å². The molecule has 0 rings (SSSR count). The number of carbonyl (C=O) groups is 1. The summed E-state index contributed by atoms with van der Waals surface area (Å²) in [5.41, 5.74) is 0. The van der Waals surface area contributed by atoms with Crippen LogP contribution in [0.3, 0.4) is 0 Å². The predicted molar refractivity (Wildman–Crippen MR) is 35.7 cm³/mol. The normalized spacial score (nSPS) is 8.75. The van der Waals surface area contributed by atoms with Gasteiger partial charge in [0.2, 0.25) is 5.91 Å². The van der Waals surface area contributed by atoms with Crippen molar-refractivity contribution in [1.82, 2.24) is 10.0 Å². The standard InChI is InChI=1S/C4H10N2OS/c1-2-5-4(7)3-6-8/h6,8H,2-3H2,1H3,(H,5,7). The zero-order valence-corrected chi connectivity index (χ0v) is 5.66. The lowest BCUT2D eigenvalue weighted by Crippen LogP contribution is -2.29. The molecule has 0 aliphatic heterocycles. The maximum absolute atomic E-state index is 10.4. The van der Waals surface area contributed by atoms with Crippen molar-refractivity contribution in [3.63, 3.8) is 0 Å². The first kappa shape index (κ1) is 7.78. The van der Waals surface area contributed by atoms with Gasteiger partial charge in [-0.15, -0.1) is 0 Å². The molecule has 0 bridgehead atoms. The van der Waals surface area contributed by atoms with Crippen LogP contribution in [0.25, 0.3) is 0 Å². The molecule has 3 nitrogen and oxygen atoms in total. The molecule has 4 heteroatoms. The highest BCUT2D eigenvalue weighted by Crippen LogP contribution is 1.63. The number of rotatable bonds is 3. The lowest BCUT2D eigenvalue weighted by molar-refractivity contribution is -0.119. The minimum absolute atomic E-state index is 0.0255. The molecule has 0 spiro atoms. The van der Waals surface area contributed by atoms with Crippen molar-refractivity contribution >= 4 is 18.7 Å². The lowest BCUT2D eigenvalue weighted by atomic mass is 10.6. The van der Waals surface area contributed by atoms with E-state index < -0.39 is 0 Å². The Hall–Kier alpha value is -0.220. The third-order valence-corrected chi connectivity index (χ3v) is 0.772. The van der Waals surface area contributed by atoms with Crippen LogP contribution >= 0.6 is 12.8 Å². The van der Waals surface area contributed by atoms with Crippen molar-refractivity contribution in [2.75, 3.05) is 13.1 Å². The van der Waals surface area contributed by atoms with Crippen LogP contribution in [0, 0.1) is 0 Å². The molecule has 0 fully saturated rings. The fourth-order valence-electron chi connectivity index (χ4n) is 0.331. The Morgan fingerprint density at radius 1 is 1.75 bits per heavy atom. The van der Waals surface area contributed by atoms with E-state index in [1.807, 2.05) is 6.92 Å². The van der Waals surface area contributed by atoms with Crippen LogP contribution in [0.5, 0.6) is 0 Å². The molecule has 0 heterocycles. The first-order chi connectivity index (χ1) is 3.81. The van der Waals surface area contributed by atoms with Gasteiger partial charge in [0, 0.05) is 6.54 Å². The van der Waals surface area contributed by atoms with Gasteiger partial charge in [0.15, 0.2) is 0 Å². The molecule has 0 aliphatic rings. The van der Waals surface area contributed by atoms with Crippen LogP contribution < -0.4 is 10.0 Å². The second kappa shape index (κ2) is 4.93. The van der Waals surface area contributed by atoms with Gasteiger partial charge in [-0.05, 0) is 6.92 Å². The molecular formula is C4H10N2OS. The van der Waals surface area contributed by atoms with Crippen molar-refractivity contribution in [2.24, 2.45) is 0 Å². The van der Waals surface area contributed by atoms with Crippen LogP contribution in [0.4, 0.5) is 0 Å². The number of hydrogen-bond acceptors (Lipinski definition) is 3. The second-order valence-corrected chi connectivity index (χ2v) is 1.60. The van der Waals surface area contributed by atoms with Gasteiger partial charge in [0.1, 0.15) is 0 Å². The number of thiol groups is 1. The van der Waals surface area contributed by atoms with E-state index in [9.17, 15) is 4.79 Å². The first-order valence-electron chi connectivity index (χ1n) is 2.45. The first-order valence-corrected chi connectivity index (χ1v) is 2.89. The maximum Gasteiger partial charge on any atom is 0.234 e. The smallest absolute Gasteiger partial charge is 0.234 e. The summed E-state index contributed by atoms with van der Waals surface area (Å²) in [5, 5.41) is 2.60. The van der Waals surface area contributed by atoms with Crippen molar-refractivity contribution in [3.05, 3.63) is 0 Å². The molecule has 0 atom stereocenters. The summed E-state index contributed by atoms with van der Waals surface area (Å²) < 4.78 is 2.43. The van der Waals surface area contributed by atoms with E-state index in [1.54, 1.807) is 0 Å². The fraction of sp³-hybridized carbons (Fsp3) is 0.750. The summed E-state index contributed by atoms with van der Waals surface area (Å²) in [6.07, 6.45) is 0. The van der Waals surface area contributed by atoms with E-state index >= 15 is 0 Å². The topological polar surface area (TPSA) is 41.1 Å². The van der Waals surface area contributed by atoms with Crippen LogP contribution in [-0.2, 0) is 4.79 Å². The van der Waals surface area contributed by atoms with Crippen LogP contribution in [0.2, 0.25) is 0 Å². The van der Waals surface area contributed by atoms with Gasteiger partial charge in [-0.1, -0.05) is 12.8 Å². The van der Waals surface area contributed by atoms with Gasteiger partial charge < -0.3 is 5.32 Å². The van der Waals surface area contributed by atoms with Gasteiger partial charge >= 0.3 is 0 Å². The Balaban J connectivity index is 3.06. The molecule has 1 amide bonds. The number of amides is 1. The Bertz CT molecular complexity index is 68.4. The van der Waals surface area contributed by atoms with E-state index in [1.165, 1.54) is 0 Å². The third-order valence-electron chi connectivity index (χ3n) is 0.614. The predicted octanol–water partition coefficient (Wildman–Crippen LogP) is -0.443. The second-order valence-electron chi connectivity index (χ2n) is 1.29. The Kier molecular flexibility index (Phi) is 4.79. The lowest BCUT2D eigenvalue weighted by Gasteiger charge is -1.97. The summed E-state index contributed by atoms with van der Waals surface area (Å²) in [6.45, 7) is 2.82. The molecule has 0 unspecified atom stereocenters. The van der Waals surface area contributed by atoms with Gasteiger partial charge in [-0.3, -0.25) is 9.52 Å². The van der Waals surface area contributed by atoms with Crippen molar-refractivity contribution in [3.8, 4) is 0 Å². The molecule has 8 heavy (non-hydrogen) atoms. The third kappa shape index (κ3) is 3.95. The van der Waals surface area contributed by atoms with E-state index in [0.29, 0.717) is 6.54 Å². The van der Waals surface area contributed by atoms with Crippen molar-refractivity contribution < 1.29 is 4.79 Å². The minimum atomic E-state index is -0.0255. The largest absolute Gasteiger partial charge is 0.355 e. The summed E-state index contributed by atoms with van der Waals surface area (Å²) in [5.74, 6) is -0.0255. The summed E-state index contributed by atoms with van der Waals surface area (Å²) in [4.78, 5) is 10.4. The SMILES string of the molecule is CCNC(=O)CNS. The van der Waals surface area contributed by atoms with Crippen molar-refractivity contribution in [1.29, 1.82) is 0 Å². The van der Waals surface area contributed by atoms with Gasteiger partial charge in [-0.25, -0.2) is 0 Å². The molecule has 0 aromatic rings. The fourth-order valence-corrected chi connectivity index (χ4v) is 0.475. The van der Waals surface area contributed by atoms with Crippen LogP contribution in [-0.4, -0.2) is 19.0 Å². The van der Waals surface area contributed by atoms with Crippen molar-refractivity contribution in [2.45, 2.75) is 6.92 Å². The molecule has 0 aromatic heterocycles. The average Bonchev–Trinajstić information content (AvgIpc) is 1.68. The highest BCUT2D eigenvalue weighted by Gasteiger charge is 1.92.